The molecule has 1 aliphatic rings. The number of aliphatic carboxylic acids is 1. The van der Waals surface area contributed by atoms with Crippen LogP contribution < -0.4 is 4.74 Å². The van der Waals surface area contributed by atoms with E-state index in [9.17, 15) is 18.4 Å². The van der Waals surface area contributed by atoms with Gasteiger partial charge in [-0.15, -0.1) is 0 Å². The number of hydrogen-bond donors (Lipinski definition) is 1. The fourth-order valence-corrected chi connectivity index (χ4v) is 2.48. The van der Waals surface area contributed by atoms with Gasteiger partial charge in [-0.1, -0.05) is 18.2 Å². The van der Waals surface area contributed by atoms with Gasteiger partial charge in [-0.3, -0.25) is 9.59 Å². The van der Waals surface area contributed by atoms with E-state index in [-0.39, 0.29) is 24.6 Å². The molecule has 0 bridgehead atoms. The summed E-state index contributed by atoms with van der Waals surface area (Å²) in [6.45, 7) is -0.895. The second kappa shape index (κ2) is 6.29. The van der Waals surface area contributed by atoms with Gasteiger partial charge >= 0.3 is 12.6 Å². The Hall–Kier alpha value is -2.18. The molecule has 7 heteroatoms. The van der Waals surface area contributed by atoms with E-state index < -0.39 is 18.0 Å². The number of carboxylic acids is 1. The molecule has 5 nitrogen and oxygen atoms in total. The van der Waals surface area contributed by atoms with Crippen LogP contribution in [0.1, 0.15) is 18.9 Å². The fraction of sp³-hybridized carbons (Fsp3) is 0.467. The molecular formula is C15H17F2NO4. The van der Waals surface area contributed by atoms with Gasteiger partial charge in [-0.05, 0) is 19.4 Å². The molecule has 0 aromatic heterocycles. The molecule has 1 amide bonds. The van der Waals surface area contributed by atoms with Crippen LogP contribution in [0, 0.1) is 5.41 Å². The van der Waals surface area contributed by atoms with Crippen LogP contribution >= 0.6 is 0 Å². The predicted octanol–water partition coefficient (Wildman–Crippen LogP) is 2.15. The Morgan fingerprint density at radius 3 is 2.68 bits per heavy atom. The smallest absolute Gasteiger partial charge is 0.387 e. The molecule has 22 heavy (non-hydrogen) atoms. The molecule has 2 rings (SSSR count). The minimum absolute atomic E-state index is 0.0361. The first kappa shape index (κ1) is 16.2. The van der Waals surface area contributed by atoms with Gasteiger partial charge in [-0.25, -0.2) is 0 Å². The number of rotatable bonds is 5. The van der Waals surface area contributed by atoms with Gasteiger partial charge in [0, 0.05) is 18.7 Å². The molecule has 0 saturated carbocycles. The number of benzene rings is 1. The third kappa shape index (κ3) is 3.52. The van der Waals surface area contributed by atoms with E-state index in [1.54, 1.807) is 25.1 Å². The molecule has 1 atom stereocenters. The summed E-state index contributed by atoms with van der Waals surface area (Å²) in [4.78, 5) is 24.9. The van der Waals surface area contributed by atoms with Crippen molar-refractivity contribution in [1.82, 2.24) is 4.90 Å². The number of carboxylic acid groups (broad SMARTS) is 1. The second-order valence-electron chi connectivity index (χ2n) is 5.59. The van der Waals surface area contributed by atoms with Crippen molar-refractivity contribution in [3.05, 3.63) is 29.8 Å². The maximum Gasteiger partial charge on any atom is 0.387 e. The largest absolute Gasteiger partial charge is 0.481 e. The van der Waals surface area contributed by atoms with E-state index in [4.69, 9.17) is 5.11 Å². The predicted molar refractivity (Wildman–Crippen MR) is 73.7 cm³/mol. The van der Waals surface area contributed by atoms with Gasteiger partial charge in [0.05, 0.1) is 11.8 Å². The van der Waals surface area contributed by atoms with Crippen LogP contribution in [0.3, 0.4) is 0 Å². The average molecular weight is 313 g/mol. The zero-order valence-electron chi connectivity index (χ0n) is 12.1. The highest BCUT2D eigenvalue weighted by molar-refractivity contribution is 5.82. The number of nitrogens with zero attached hydrogens (tertiary/aromatic N) is 1. The van der Waals surface area contributed by atoms with Gasteiger partial charge in [0.2, 0.25) is 5.91 Å². The van der Waals surface area contributed by atoms with E-state index in [2.05, 4.69) is 4.74 Å². The first-order chi connectivity index (χ1) is 10.3. The van der Waals surface area contributed by atoms with Gasteiger partial charge < -0.3 is 14.7 Å². The number of alkyl halides is 2. The summed E-state index contributed by atoms with van der Waals surface area (Å²) in [5, 5.41) is 9.16. The van der Waals surface area contributed by atoms with Crippen LogP contribution in [0.25, 0.3) is 0 Å². The number of carbonyl (C=O) groups excluding carboxylic acids is 1. The summed E-state index contributed by atoms with van der Waals surface area (Å²) >= 11 is 0. The summed E-state index contributed by atoms with van der Waals surface area (Å²) in [6.07, 6.45) is 0.280. The second-order valence-corrected chi connectivity index (χ2v) is 5.59. The highest BCUT2D eigenvalue weighted by Gasteiger charge is 2.42. The molecule has 1 saturated heterocycles. The monoisotopic (exact) mass is 313 g/mol. The minimum atomic E-state index is -2.96. The molecule has 0 unspecified atom stereocenters. The van der Waals surface area contributed by atoms with E-state index in [0.717, 1.165) is 0 Å². The number of amides is 1. The summed E-state index contributed by atoms with van der Waals surface area (Å²) in [7, 11) is 0. The van der Waals surface area contributed by atoms with E-state index in [1.807, 2.05) is 0 Å². The Labute approximate surface area is 126 Å². The van der Waals surface area contributed by atoms with Crippen LogP contribution in [0.5, 0.6) is 5.75 Å². The zero-order chi connectivity index (χ0) is 16.3. The summed E-state index contributed by atoms with van der Waals surface area (Å²) in [6, 6.07) is 6.09. The Morgan fingerprint density at radius 2 is 2.09 bits per heavy atom. The van der Waals surface area contributed by atoms with Crippen LogP contribution in [-0.2, 0) is 16.0 Å². The van der Waals surface area contributed by atoms with Crippen molar-refractivity contribution in [2.45, 2.75) is 26.4 Å². The fourth-order valence-electron chi connectivity index (χ4n) is 2.48. The van der Waals surface area contributed by atoms with Crippen molar-refractivity contribution in [2.24, 2.45) is 5.41 Å². The molecule has 0 spiro atoms. The molecule has 1 aliphatic heterocycles. The number of carbonyl (C=O) groups is 2. The number of ether oxygens (including phenoxy) is 1. The number of para-hydroxylation sites is 1. The molecule has 1 aromatic carbocycles. The van der Waals surface area contributed by atoms with Crippen molar-refractivity contribution in [3.8, 4) is 5.75 Å². The molecule has 1 heterocycles. The first-order valence-electron chi connectivity index (χ1n) is 6.86. The Balaban J connectivity index is 2.06. The van der Waals surface area contributed by atoms with Crippen molar-refractivity contribution in [1.29, 1.82) is 0 Å². The van der Waals surface area contributed by atoms with Crippen molar-refractivity contribution < 1.29 is 28.2 Å². The van der Waals surface area contributed by atoms with Crippen molar-refractivity contribution in [3.63, 3.8) is 0 Å². The van der Waals surface area contributed by atoms with Gasteiger partial charge in [0.15, 0.2) is 0 Å². The summed E-state index contributed by atoms with van der Waals surface area (Å²) in [5.41, 5.74) is -0.592. The van der Waals surface area contributed by atoms with E-state index in [0.29, 0.717) is 18.5 Å². The summed E-state index contributed by atoms with van der Waals surface area (Å²) in [5.74, 6) is -1.27. The van der Waals surface area contributed by atoms with Crippen molar-refractivity contribution >= 4 is 11.9 Å². The van der Waals surface area contributed by atoms with Crippen molar-refractivity contribution in [2.75, 3.05) is 13.1 Å². The molecule has 0 radical (unpaired) electrons. The van der Waals surface area contributed by atoms with Crippen LogP contribution in [0.15, 0.2) is 24.3 Å². The van der Waals surface area contributed by atoms with E-state index >= 15 is 0 Å². The topological polar surface area (TPSA) is 66.8 Å². The quantitative estimate of drug-likeness (QED) is 0.904. The Kier molecular flexibility index (Phi) is 4.63. The highest BCUT2D eigenvalue weighted by atomic mass is 19.3. The lowest BCUT2D eigenvalue weighted by atomic mass is 9.90. The number of likely N-dealkylation sites (tertiary alicyclic amines) is 1. The number of hydrogen-bond acceptors (Lipinski definition) is 3. The zero-order valence-corrected chi connectivity index (χ0v) is 12.1. The lowest BCUT2D eigenvalue weighted by Gasteiger charge is -2.20. The first-order valence-corrected chi connectivity index (χ1v) is 6.86. The third-order valence-electron chi connectivity index (χ3n) is 3.87. The van der Waals surface area contributed by atoms with Crippen LogP contribution in [0.2, 0.25) is 0 Å². The molecule has 1 N–H and O–H groups in total. The van der Waals surface area contributed by atoms with Gasteiger partial charge in [0.25, 0.3) is 0 Å². The lowest BCUT2D eigenvalue weighted by molar-refractivity contribution is -0.147. The lowest BCUT2D eigenvalue weighted by Crippen LogP contribution is -2.35. The molecule has 0 aliphatic carbocycles. The third-order valence-corrected chi connectivity index (χ3v) is 3.87. The van der Waals surface area contributed by atoms with Crippen LogP contribution in [0.4, 0.5) is 8.78 Å². The molecule has 1 fully saturated rings. The Morgan fingerprint density at radius 1 is 1.41 bits per heavy atom. The maximum absolute atomic E-state index is 12.3. The van der Waals surface area contributed by atoms with Gasteiger partial charge in [0.1, 0.15) is 5.75 Å². The maximum atomic E-state index is 12.3. The molecular weight excluding hydrogens is 296 g/mol. The molecule has 1 aromatic rings. The normalized spacial score (nSPS) is 21.2. The standard InChI is InChI=1S/C15H17F2NO4/c1-15(13(20)21)6-7-18(9-15)12(19)8-10-4-2-3-5-11(10)22-14(16)17/h2-5,14H,6-9H2,1H3,(H,20,21)/t15-/m0/s1. The Bertz CT molecular complexity index is 578. The molecule has 120 valence electrons. The van der Waals surface area contributed by atoms with E-state index in [1.165, 1.54) is 11.0 Å². The SMILES string of the molecule is C[C@]1(C(=O)O)CCN(C(=O)Cc2ccccc2OC(F)F)C1. The average Bonchev–Trinajstić information content (AvgIpc) is 2.85. The van der Waals surface area contributed by atoms with Crippen LogP contribution in [-0.4, -0.2) is 41.6 Å². The summed E-state index contributed by atoms with van der Waals surface area (Å²) < 4.78 is 29.1. The number of halogens is 2. The van der Waals surface area contributed by atoms with Gasteiger partial charge in [-0.2, -0.15) is 8.78 Å². The minimum Gasteiger partial charge on any atom is -0.481 e. The highest BCUT2D eigenvalue weighted by Crippen LogP contribution is 2.31.